The predicted octanol–water partition coefficient (Wildman–Crippen LogP) is 1.35. The van der Waals surface area contributed by atoms with Crippen LogP contribution in [0.5, 0.6) is 0 Å². The summed E-state index contributed by atoms with van der Waals surface area (Å²) < 4.78 is 0. The van der Waals surface area contributed by atoms with Crippen molar-refractivity contribution >= 4 is 5.91 Å². The van der Waals surface area contributed by atoms with Crippen LogP contribution in [-0.2, 0) is 32.2 Å². The Bertz CT molecular complexity index is 820. The molecule has 0 atom stereocenters. The number of aromatic amines is 2. The Morgan fingerprint density at radius 3 is 3.00 bits per heavy atom. The summed E-state index contributed by atoms with van der Waals surface area (Å²) in [5, 5.41) is 7.38. The predicted molar refractivity (Wildman–Crippen MR) is 85.5 cm³/mol. The molecule has 2 aromatic heterocycles. The summed E-state index contributed by atoms with van der Waals surface area (Å²) in [5.74, 6) is -0.171. The molecule has 0 radical (unpaired) electrons. The Labute approximate surface area is 133 Å². The minimum Gasteiger partial charge on any atom is -0.334 e. The molecule has 4 rings (SSSR count). The van der Waals surface area contributed by atoms with E-state index in [9.17, 15) is 9.59 Å². The molecule has 1 aliphatic carbocycles. The lowest BCUT2D eigenvalue weighted by Crippen LogP contribution is -2.38. The van der Waals surface area contributed by atoms with E-state index in [4.69, 9.17) is 0 Å². The number of aromatic nitrogens is 3. The van der Waals surface area contributed by atoms with E-state index in [1.165, 1.54) is 0 Å². The molecule has 6 heteroatoms. The van der Waals surface area contributed by atoms with Gasteiger partial charge in [-0.2, -0.15) is 5.10 Å². The molecule has 2 aliphatic rings. The first-order valence-corrected chi connectivity index (χ1v) is 8.26. The van der Waals surface area contributed by atoms with E-state index in [2.05, 4.69) is 22.1 Å². The minimum atomic E-state index is -0.260. The SMILES string of the molecule is CCc1n[nH]c2c1CN(C(=O)c1cc3c([nH]c1=O)CCC3)CC2. The third kappa shape index (κ3) is 2.29. The summed E-state index contributed by atoms with van der Waals surface area (Å²) in [4.78, 5) is 29.7. The summed E-state index contributed by atoms with van der Waals surface area (Å²) in [6, 6.07) is 1.80. The molecule has 0 bridgehead atoms. The number of amides is 1. The van der Waals surface area contributed by atoms with E-state index in [0.29, 0.717) is 13.1 Å². The van der Waals surface area contributed by atoms with Gasteiger partial charge in [-0.3, -0.25) is 14.7 Å². The van der Waals surface area contributed by atoms with Crippen LogP contribution < -0.4 is 5.56 Å². The van der Waals surface area contributed by atoms with Crippen molar-refractivity contribution in [3.8, 4) is 0 Å². The van der Waals surface area contributed by atoms with Gasteiger partial charge >= 0.3 is 0 Å². The molecule has 0 saturated carbocycles. The van der Waals surface area contributed by atoms with E-state index in [1.54, 1.807) is 11.0 Å². The maximum atomic E-state index is 12.8. The average Bonchev–Trinajstić information content (AvgIpc) is 3.18. The van der Waals surface area contributed by atoms with E-state index in [-0.39, 0.29) is 17.0 Å². The van der Waals surface area contributed by atoms with Crippen LogP contribution in [0.1, 0.15) is 51.9 Å². The summed E-state index contributed by atoms with van der Waals surface area (Å²) >= 11 is 0. The van der Waals surface area contributed by atoms with Gasteiger partial charge in [0, 0.05) is 36.5 Å². The highest BCUT2D eigenvalue weighted by Gasteiger charge is 2.27. The molecular formula is C17H20N4O2. The van der Waals surface area contributed by atoms with Crippen LogP contribution in [0.2, 0.25) is 0 Å². The van der Waals surface area contributed by atoms with Crippen molar-refractivity contribution in [3.05, 3.63) is 50.2 Å². The molecule has 120 valence electrons. The monoisotopic (exact) mass is 312 g/mol. The average molecular weight is 312 g/mol. The number of carbonyl (C=O) groups is 1. The van der Waals surface area contributed by atoms with E-state index < -0.39 is 0 Å². The minimum absolute atomic E-state index is 0.171. The second-order valence-corrected chi connectivity index (χ2v) is 6.33. The van der Waals surface area contributed by atoms with E-state index >= 15 is 0 Å². The maximum Gasteiger partial charge on any atom is 0.261 e. The van der Waals surface area contributed by atoms with Crippen LogP contribution in [-0.4, -0.2) is 32.5 Å². The third-order valence-electron chi connectivity index (χ3n) is 4.96. The number of fused-ring (bicyclic) bond motifs is 2. The standard InChI is InChI=1S/C17H20N4O2/c1-2-13-12-9-21(7-6-15(12)20-19-13)17(23)11-8-10-4-3-5-14(10)18-16(11)22/h8H,2-7,9H2,1H3,(H,18,22)(H,19,20). The number of H-pyrrole nitrogens is 2. The maximum absolute atomic E-state index is 12.8. The van der Waals surface area contributed by atoms with Crippen LogP contribution in [0.3, 0.4) is 0 Å². The Balaban J connectivity index is 1.64. The Hall–Kier alpha value is -2.37. The number of nitrogens with one attached hydrogen (secondary N) is 2. The van der Waals surface area contributed by atoms with Gasteiger partial charge in [0.1, 0.15) is 5.56 Å². The van der Waals surface area contributed by atoms with Gasteiger partial charge in [-0.25, -0.2) is 0 Å². The molecule has 0 fully saturated rings. The van der Waals surface area contributed by atoms with Crippen molar-refractivity contribution in [2.45, 2.75) is 45.6 Å². The Morgan fingerprint density at radius 2 is 2.17 bits per heavy atom. The fraction of sp³-hybridized carbons (Fsp3) is 0.471. The number of aryl methyl sites for hydroxylation is 3. The molecule has 23 heavy (non-hydrogen) atoms. The third-order valence-corrected chi connectivity index (χ3v) is 4.96. The van der Waals surface area contributed by atoms with Crippen LogP contribution in [0.25, 0.3) is 0 Å². The van der Waals surface area contributed by atoms with Gasteiger partial charge in [0.15, 0.2) is 0 Å². The normalized spacial score (nSPS) is 16.3. The number of rotatable bonds is 2. The lowest BCUT2D eigenvalue weighted by atomic mass is 10.0. The molecule has 2 aromatic rings. The topological polar surface area (TPSA) is 81.8 Å². The first-order chi connectivity index (χ1) is 11.2. The highest BCUT2D eigenvalue weighted by Crippen LogP contribution is 2.23. The second-order valence-electron chi connectivity index (χ2n) is 6.33. The van der Waals surface area contributed by atoms with Gasteiger partial charge in [0.05, 0.1) is 5.69 Å². The van der Waals surface area contributed by atoms with Crippen LogP contribution in [0.15, 0.2) is 10.9 Å². The highest BCUT2D eigenvalue weighted by atomic mass is 16.2. The van der Waals surface area contributed by atoms with Gasteiger partial charge in [-0.05, 0) is 37.3 Å². The molecule has 2 N–H and O–H groups in total. The van der Waals surface area contributed by atoms with Gasteiger partial charge in [-0.15, -0.1) is 0 Å². The number of hydrogen-bond donors (Lipinski definition) is 2. The molecule has 0 saturated heterocycles. The van der Waals surface area contributed by atoms with Gasteiger partial charge in [0.25, 0.3) is 11.5 Å². The Kier molecular flexibility index (Phi) is 3.32. The van der Waals surface area contributed by atoms with Crippen LogP contribution in [0.4, 0.5) is 0 Å². The number of pyridine rings is 1. The highest BCUT2D eigenvalue weighted by molar-refractivity contribution is 5.94. The lowest BCUT2D eigenvalue weighted by Gasteiger charge is -2.27. The second kappa shape index (κ2) is 5.37. The Morgan fingerprint density at radius 1 is 1.30 bits per heavy atom. The van der Waals surface area contributed by atoms with Crippen molar-refractivity contribution in [2.24, 2.45) is 0 Å². The van der Waals surface area contributed by atoms with Crippen molar-refractivity contribution in [3.63, 3.8) is 0 Å². The van der Waals surface area contributed by atoms with Crippen molar-refractivity contribution in [1.82, 2.24) is 20.1 Å². The van der Waals surface area contributed by atoms with Crippen LogP contribution in [0, 0.1) is 0 Å². The van der Waals surface area contributed by atoms with Crippen molar-refractivity contribution in [2.75, 3.05) is 6.54 Å². The van der Waals surface area contributed by atoms with Gasteiger partial charge < -0.3 is 9.88 Å². The number of hydrogen-bond acceptors (Lipinski definition) is 3. The summed E-state index contributed by atoms with van der Waals surface area (Å²) in [7, 11) is 0. The zero-order chi connectivity index (χ0) is 16.0. The largest absolute Gasteiger partial charge is 0.334 e. The smallest absolute Gasteiger partial charge is 0.261 e. The van der Waals surface area contributed by atoms with E-state index in [1.807, 2.05) is 0 Å². The first-order valence-electron chi connectivity index (χ1n) is 8.26. The fourth-order valence-corrected chi connectivity index (χ4v) is 3.66. The zero-order valence-corrected chi connectivity index (χ0v) is 13.2. The van der Waals surface area contributed by atoms with Gasteiger partial charge in [0.2, 0.25) is 0 Å². The molecule has 0 aromatic carbocycles. The zero-order valence-electron chi connectivity index (χ0n) is 13.2. The quantitative estimate of drug-likeness (QED) is 0.878. The van der Waals surface area contributed by atoms with Crippen LogP contribution >= 0.6 is 0 Å². The number of carbonyl (C=O) groups excluding carboxylic acids is 1. The molecular weight excluding hydrogens is 292 g/mol. The first kappa shape index (κ1) is 14.2. The molecule has 1 aliphatic heterocycles. The van der Waals surface area contributed by atoms with Crippen molar-refractivity contribution in [1.29, 1.82) is 0 Å². The summed E-state index contributed by atoms with van der Waals surface area (Å²) in [6.45, 7) is 3.21. The lowest BCUT2D eigenvalue weighted by molar-refractivity contribution is 0.0732. The van der Waals surface area contributed by atoms with Gasteiger partial charge in [-0.1, -0.05) is 6.92 Å². The fourth-order valence-electron chi connectivity index (χ4n) is 3.66. The molecule has 6 nitrogen and oxygen atoms in total. The molecule has 1 amide bonds. The van der Waals surface area contributed by atoms with Crippen molar-refractivity contribution < 1.29 is 4.79 Å². The molecule has 0 spiro atoms. The molecule has 0 unspecified atom stereocenters. The summed E-state index contributed by atoms with van der Waals surface area (Å²) in [6.07, 6.45) is 4.49. The summed E-state index contributed by atoms with van der Waals surface area (Å²) in [5.41, 5.74) is 5.37. The molecule has 3 heterocycles. The number of nitrogens with zero attached hydrogens (tertiary/aromatic N) is 2. The van der Waals surface area contributed by atoms with E-state index in [0.717, 1.165) is 60.3 Å².